The van der Waals surface area contributed by atoms with Crippen molar-refractivity contribution in [1.29, 1.82) is 0 Å². The van der Waals surface area contributed by atoms with Crippen LogP contribution in [0.15, 0.2) is 40.1 Å². The lowest BCUT2D eigenvalue weighted by Crippen LogP contribution is -2.37. The number of hydrogen-bond donors (Lipinski definition) is 1. The van der Waals surface area contributed by atoms with Crippen LogP contribution in [0.2, 0.25) is 0 Å². The van der Waals surface area contributed by atoms with E-state index in [1.165, 1.54) is 30.9 Å². The Morgan fingerprint density at radius 2 is 1.68 bits per heavy atom. The molecule has 2 heterocycles. The summed E-state index contributed by atoms with van der Waals surface area (Å²) >= 11 is 0. The Balaban J connectivity index is 1.91. The van der Waals surface area contributed by atoms with Crippen LogP contribution in [0, 0.1) is 0 Å². The first kappa shape index (κ1) is 22.1. The Labute approximate surface area is 179 Å². The predicted octanol–water partition coefficient (Wildman–Crippen LogP) is 2.46. The summed E-state index contributed by atoms with van der Waals surface area (Å²) in [5.74, 6) is 0.729. The molecule has 0 aliphatic rings. The Morgan fingerprint density at radius 1 is 1.00 bits per heavy atom. The summed E-state index contributed by atoms with van der Waals surface area (Å²) in [7, 11) is 2.91. The van der Waals surface area contributed by atoms with Gasteiger partial charge in [-0.25, -0.2) is 9.78 Å². The van der Waals surface area contributed by atoms with Crippen molar-refractivity contribution in [3.8, 4) is 11.5 Å². The molecule has 0 spiro atoms. The Bertz CT molecular complexity index is 1230. The van der Waals surface area contributed by atoms with E-state index < -0.39 is 17.2 Å². The van der Waals surface area contributed by atoms with Crippen LogP contribution in [0.1, 0.15) is 37.0 Å². The molecule has 2 aromatic heterocycles. The fourth-order valence-corrected chi connectivity index (χ4v) is 3.03. The zero-order valence-electron chi connectivity index (χ0n) is 18.1. The van der Waals surface area contributed by atoms with Gasteiger partial charge in [-0.1, -0.05) is 13.8 Å². The van der Waals surface area contributed by atoms with Crippen LogP contribution in [0.25, 0.3) is 11.0 Å². The van der Waals surface area contributed by atoms with Crippen LogP contribution < -0.4 is 26.0 Å². The molecule has 0 bridgehead atoms. The average Bonchev–Trinajstić information content (AvgIpc) is 2.78. The molecule has 164 valence electrons. The molecular weight excluding hydrogens is 400 g/mol. The number of nitrogens with zero attached hydrogens (tertiary/aromatic N) is 3. The van der Waals surface area contributed by atoms with Crippen LogP contribution in [-0.2, 0) is 14.1 Å². The molecule has 0 saturated heterocycles. The predicted molar refractivity (Wildman–Crippen MR) is 118 cm³/mol. The number of carbonyl (C=O) groups excluding carboxylic acids is 1. The molecule has 1 amide bonds. The van der Waals surface area contributed by atoms with Crippen molar-refractivity contribution in [1.82, 2.24) is 14.1 Å². The molecule has 0 atom stereocenters. The number of anilines is 1. The average molecular weight is 426 g/mol. The molecule has 0 unspecified atom stereocenters. The molecule has 0 radical (unpaired) electrons. The van der Waals surface area contributed by atoms with Crippen LogP contribution >= 0.6 is 0 Å². The van der Waals surface area contributed by atoms with Gasteiger partial charge in [0.25, 0.3) is 11.5 Å². The number of fused-ring (bicyclic) bond motifs is 1. The molecule has 0 aliphatic carbocycles. The number of aromatic nitrogens is 3. The molecule has 3 rings (SSSR count). The highest BCUT2D eigenvalue weighted by molar-refractivity contribution is 6.05. The lowest BCUT2D eigenvalue weighted by atomic mass is 10.2. The van der Waals surface area contributed by atoms with E-state index in [0.717, 1.165) is 17.4 Å². The van der Waals surface area contributed by atoms with E-state index in [0.29, 0.717) is 30.4 Å². The van der Waals surface area contributed by atoms with Gasteiger partial charge in [0, 0.05) is 32.0 Å². The summed E-state index contributed by atoms with van der Waals surface area (Å²) in [6, 6.07) is 6.61. The summed E-state index contributed by atoms with van der Waals surface area (Å²) in [5, 5.41) is 2.98. The fraction of sp³-hybridized carbons (Fsp3) is 0.364. The Hall–Kier alpha value is -3.62. The first-order valence-electron chi connectivity index (χ1n) is 10.1. The SMILES string of the molecule is CCCOc1ccc(NC(=O)c2cnc3c(c2)c(=O)n(C)c(=O)n3C)cc1OCCC. The van der Waals surface area contributed by atoms with Gasteiger partial charge in [-0.3, -0.25) is 18.7 Å². The summed E-state index contributed by atoms with van der Waals surface area (Å²) in [5.41, 5.74) is -0.0450. The van der Waals surface area contributed by atoms with Gasteiger partial charge >= 0.3 is 5.69 Å². The number of benzene rings is 1. The Morgan fingerprint density at radius 3 is 2.35 bits per heavy atom. The standard InChI is InChI=1S/C22H26N4O5/c1-5-9-30-17-8-7-15(12-18(17)31-10-6-2)24-20(27)14-11-16-19(23-13-14)25(3)22(29)26(4)21(16)28/h7-8,11-13H,5-6,9-10H2,1-4H3,(H,24,27). The van der Waals surface area contributed by atoms with Crippen LogP contribution in [0.5, 0.6) is 11.5 Å². The van der Waals surface area contributed by atoms with Gasteiger partial charge in [0.2, 0.25) is 0 Å². The number of aryl methyl sites for hydroxylation is 1. The number of ether oxygens (including phenoxy) is 2. The van der Waals surface area contributed by atoms with E-state index >= 15 is 0 Å². The first-order chi connectivity index (χ1) is 14.9. The number of carbonyl (C=O) groups is 1. The maximum absolute atomic E-state index is 12.8. The highest BCUT2D eigenvalue weighted by atomic mass is 16.5. The minimum Gasteiger partial charge on any atom is -0.490 e. The summed E-state index contributed by atoms with van der Waals surface area (Å²) < 4.78 is 13.7. The number of nitrogens with one attached hydrogen (secondary N) is 1. The molecular formula is C22H26N4O5. The van der Waals surface area contributed by atoms with Crippen molar-refractivity contribution < 1.29 is 14.3 Å². The molecule has 9 heteroatoms. The minimum absolute atomic E-state index is 0.188. The van der Waals surface area contributed by atoms with Crippen molar-refractivity contribution in [2.45, 2.75) is 26.7 Å². The molecule has 1 aromatic carbocycles. The van der Waals surface area contributed by atoms with Crippen molar-refractivity contribution in [2.75, 3.05) is 18.5 Å². The molecule has 1 N–H and O–H groups in total. The highest BCUT2D eigenvalue weighted by Crippen LogP contribution is 2.31. The first-order valence-corrected chi connectivity index (χ1v) is 10.1. The molecule has 0 saturated carbocycles. The normalized spacial score (nSPS) is 10.8. The second kappa shape index (κ2) is 9.46. The summed E-state index contributed by atoms with van der Waals surface area (Å²) in [6.45, 7) is 5.11. The summed E-state index contributed by atoms with van der Waals surface area (Å²) in [4.78, 5) is 41.4. The van der Waals surface area contributed by atoms with Crippen LogP contribution in [-0.4, -0.2) is 33.2 Å². The van der Waals surface area contributed by atoms with Gasteiger partial charge in [-0.05, 0) is 31.0 Å². The van der Waals surface area contributed by atoms with Crippen LogP contribution in [0.3, 0.4) is 0 Å². The van der Waals surface area contributed by atoms with Crippen molar-refractivity contribution in [3.63, 3.8) is 0 Å². The van der Waals surface area contributed by atoms with E-state index in [1.807, 2.05) is 13.8 Å². The topological polar surface area (TPSA) is 104 Å². The molecule has 0 fully saturated rings. The third-order valence-corrected chi connectivity index (χ3v) is 4.68. The van der Waals surface area contributed by atoms with E-state index in [-0.39, 0.29) is 16.6 Å². The largest absolute Gasteiger partial charge is 0.490 e. The molecule has 0 aliphatic heterocycles. The third-order valence-electron chi connectivity index (χ3n) is 4.68. The van der Waals surface area contributed by atoms with Crippen molar-refractivity contribution in [2.24, 2.45) is 14.1 Å². The van der Waals surface area contributed by atoms with Gasteiger partial charge in [-0.15, -0.1) is 0 Å². The number of pyridine rings is 1. The molecule has 3 aromatic rings. The van der Waals surface area contributed by atoms with Crippen molar-refractivity contribution in [3.05, 3.63) is 56.9 Å². The zero-order valence-corrected chi connectivity index (χ0v) is 18.1. The van der Waals surface area contributed by atoms with Gasteiger partial charge in [0.05, 0.1) is 24.2 Å². The number of amides is 1. The van der Waals surface area contributed by atoms with Gasteiger partial charge in [-0.2, -0.15) is 0 Å². The lowest BCUT2D eigenvalue weighted by molar-refractivity contribution is 0.102. The quantitative estimate of drug-likeness (QED) is 0.593. The Kier molecular flexibility index (Phi) is 6.74. The molecule has 31 heavy (non-hydrogen) atoms. The zero-order chi connectivity index (χ0) is 22.5. The van der Waals surface area contributed by atoms with E-state index in [2.05, 4.69) is 10.3 Å². The number of rotatable bonds is 8. The maximum Gasteiger partial charge on any atom is 0.332 e. The van der Waals surface area contributed by atoms with Gasteiger partial charge in [0.15, 0.2) is 11.5 Å². The summed E-state index contributed by atoms with van der Waals surface area (Å²) in [6.07, 6.45) is 3.04. The number of hydrogen-bond acceptors (Lipinski definition) is 6. The third kappa shape index (κ3) is 4.60. The molecule has 9 nitrogen and oxygen atoms in total. The van der Waals surface area contributed by atoms with Gasteiger partial charge < -0.3 is 14.8 Å². The van der Waals surface area contributed by atoms with E-state index in [9.17, 15) is 14.4 Å². The minimum atomic E-state index is -0.507. The fourth-order valence-electron chi connectivity index (χ4n) is 3.03. The van der Waals surface area contributed by atoms with Crippen LogP contribution in [0.4, 0.5) is 5.69 Å². The lowest BCUT2D eigenvalue weighted by Gasteiger charge is -2.14. The van der Waals surface area contributed by atoms with E-state index in [4.69, 9.17) is 9.47 Å². The monoisotopic (exact) mass is 426 g/mol. The second-order valence-electron chi connectivity index (χ2n) is 7.11. The van der Waals surface area contributed by atoms with E-state index in [1.54, 1.807) is 18.2 Å². The van der Waals surface area contributed by atoms with Gasteiger partial charge in [0.1, 0.15) is 5.65 Å². The highest BCUT2D eigenvalue weighted by Gasteiger charge is 2.15. The second-order valence-corrected chi connectivity index (χ2v) is 7.11. The smallest absolute Gasteiger partial charge is 0.332 e. The van der Waals surface area contributed by atoms with Crippen molar-refractivity contribution >= 4 is 22.6 Å². The maximum atomic E-state index is 12.8.